The van der Waals surface area contributed by atoms with E-state index in [-0.39, 0.29) is 0 Å². The molecule has 2 nitrogen and oxygen atoms in total. The van der Waals surface area contributed by atoms with Crippen LogP contribution in [0.15, 0.2) is 24.3 Å². The molecule has 0 unspecified atom stereocenters. The SMILES string of the molecule is CCc1nc(-c2ccccc2C)c(N)s1. The molecule has 0 fully saturated rings. The number of rotatable bonds is 2. The third kappa shape index (κ3) is 1.88. The molecule has 0 aliphatic rings. The number of anilines is 1. The van der Waals surface area contributed by atoms with E-state index in [9.17, 15) is 0 Å². The molecule has 1 heterocycles. The normalized spacial score (nSPS) is 10.5. The predicted octanol–water partition coefficient (Wildman–Crippen LogP) is 3.26. The summed E-state index contributed by atoms with van der Waals surface area (Å²) >= 11 is 1.58. The first kappa shape index (κ1) is 10.2. The van der Waals surface area contributed by atoms with Gasteiger partial charge in [0.15, 0.2) is 0 Å². The van der Waals surface area contributed by atoms with Crippen molar-refractivity contribution < 1.29 is 0 Å². The Balaban J connectivity index is 2.54. The van der Waals surface area contributed by atoms with Gasteiger partial charge in [0.25, 0.3) is 0 Å². The highest BCUT2D eigenvalue weighted by molar-refractivity contribution is 7.16. The van der Waals surface area contributed by atoms with Gasteiger partial charge >= 0.3 is 0 Å². The summed E-state index contributed by atoms with van der Waals surface area (Å²) < 4.78 is 0. The van der Waals surface area contributed by atoms with Gasteiger partial charge in [0.2, 0.25) is 0 Å². The lowest BCUT2D eigenvalue weighted by Crippen LogP contribution is -1.88. The number of benzene rings is 1. The number of hydrogen-bond donors (Lipinski definition) is 1. The number of nitrogen functional groups attached to an aromatic ring is 1. The minimum absolute atomic E-state index is 0.821. The zero-order valence-corrected chi connectivity index (χ0v) is 9.77. The van der Waals surface area contributed by atoms with E-state index in [4.69, 9.17) is 5.73 Å². The zero-order chi connectivity index (χ0) is 10.8. The third-order valence-corrected chi connectivity index (χ3v) is 3.43. The fourth-order valence-corrected chi connectivity index (χ4v) is 2.35. The summed E-state index contributed by atoms with van der Waals surface area (Å²) in [7, 11) is 0. The molecule has 0 bridgehead atoms. The Labute approximate surface area is 93.8 Å². The van der Waals surface area contributed by atoms with Gasteiger partial charge in [-0.25, -0.2) is 4.98 Å². The van der Waals surface area contributed by atoms with Crippen LogP contribution < -0.4 is 5.73 Å². The molecule has 2 aromatic rings. The number of aromatic nitrogens is 1. The molecule has 78 valence electrons. The standard InChI is InChI=1S/C12H14N2S/c1-3-10-14-11(12(13)15-10)9-7-5-4-6-8(9)2/h4-7H,3,13H2,1-2H3. The topological polar surface area (TPSA) is 38.9 Å². The van der Waals surface area contributed by atoms with E-state index in [1.807, 2.05) is 12.1 Å². The van der Waals surface area contributed by atoms with Crippen molar-refractivity contribution in [2.45, 2.75) is 20.3 Å². The van der Waals surface area contributed by atoms with Crippen molar-refractivity contribution >= 4 is 16.3 Å². The summed E-state index contributed by atoms with van der Waals surface area (Å²) in [6, 6.07) is 8.20. The van der Waals surface area contributed by atoms with Crippen LogP contribution in [0.3, 0.4) is 0 Å². The van der Waals surface area contributed by atoms with Crippen molar-refractivity contribution in [3.05, 3.63) is 34.8 Å². The Morgan fingerprint density at radius 3 is 2.67 bits per heavy atom. The van der Waals surface area contributed by atoms with Crippen molar-refractivity contribution in [3.8, 4) is 11.3 Å². The number of hydrogen-bond acceptors (Lipinski definition) is 3. The molecule has 0 aliphatic carbocycles. The summed E-state index contributed by atoms with van der Waals surface area (Å²) in [5.41, 5.74) is 9.28. The third-order valence-electron chi connectivity index (χ3n) is 2.40. The van der Waals surface area contributed by atoms with E-state index >= 15 is 0 Å². The van der Waals surface area contributed by atoms with Crippen LogP contribution in [-0.2, 0) is 6.42 Å². The molecule has 0 spiro atoms. The molecule has 15 heavy (non-hydrogen) atoms. The van der Waals surface area contributed by atoms with Crippen LogP contribution in [-0.4, -0.2) is 4.98 Å². The molecule has 3 heteroatoms. The summed E-state index contributed by atoms with van der Waals surface area (Å²) in [6.45, 7) is 4.18. The van der Waals surface area contributed by atoms with E-state index in [2.05, 4.69) is 31.0 Å². The van der Waals surface area contributed by atoms with Crippen LogP contribution in [0.25, 0.3) is 11.3 Å². The van der Waals surface area contributed by atoms with Crippen molar-refractivity contribution in [1.29, 1.82) is 0 Å². The van der Waals surface area contributed by atoms with Gasteiger partial charge in [-0.05, 0) is 18.9 Å². The summed E-state index contributed by atoms with van der Waals surface area (Å²) in [5.74, 6) is 0. The average Bonchev–Trinajstić information content (AvgIpc) is 2.60. The quantitative estimate of drug-likeness (QED) is 0.840. The minimum atomic E-state index is 0.821. The van der Waals surface area contributed by atoms with E-state index in [1.54, 1.807) is 11.3 Å². The molecule has 1 aromatic carbocycles. The van der Waals surface area contributed by atoms with Crippen LogP contribution >= 0.6 is 11.3 Å². The van der Waals surface area contributed by atoms with Gasteiger partial charge in [0.1, 0.15) is 10.7 Å². The lowest BCUT2D eigenvalue weighted by Gasteiger charge is -2.02. The van der Waals surface area contributed by atoms with Crippen LogP contribution in [0.5, 0.6) is 0 Å². The van der Waals surface area contributed by atoms with Crippen molar-refractivity contribution in [1.82, 2.24) is 4.98 Å². The first-order valence-electron chi connectivity index (χ1n) is 5.03. The van der Waals surface area contributed by atoms with Crippen molar-refractivity contribution in [2.24, 2.45) is 0 Å². The lowest BCUT2D eigenvalue weighted by atomic mass is 10.1. The van der Waals surface area contributed by atoms with E-state index in [0.717, 1.165) is 27.7 Å². The van der Waals surface area contributed by atoms with Gasteiger partial charge < -0.3 is 5.73 Å². The summed E-state index contributed by atoms with van der Waals surface area (Å²) in [5, 5.41) is 1.92. The Morgan fingerprint density at radius 2 is 2.07 bits per heavy atom. The molecule has 2 N–H and O–H groups in total. The zero-order valence-electron chi connectivity index (χ0n) is 8.95. The summed E-state index contributed by atoms with van der Waals surface area (Å²) in [4.78, 5) is 4.55. The summed E-state index contributed by atoms with van der Waals surface area (Å²) in [6.07, 6.45) is 0.945. The second-order valence-corrected chi connectivity index (χ2v) is 4.60. The van der Waals surface area contributed by atoms with Gasteiger partial charge in [0, 0.05) is 5.56 Å². The molecule has 0 saturated carbocycles. The molecule has 1 aromatic heterocycles. The Kier molecular flexibility index (Phi) is 2.73. The maximum Gasteiger partial charge on any atom is 0.114 e. The first-order chi connectivity index (χ1) is 7.22. The van der Waals surface area contributed by atoms with Crippen molar-refractivity contribution in [2.75, 3.05) is 5.73 Å². The van der Waals surface area contributed by atoms with Gasteiger partial charge in [-0.3, -0.25) is 0 Å². The Bertz CT molecular complexity index is 474. The smallest absolute Gasteiger partial charge is 0.114 e. The van der Waals surface area contributed by atoms with Gasteiger partial charge in [0.05, 0.1) is 5.01 Å². The monoisotopic (exact) mass is 218 g/mol. The maximum absolute atomic E-state index is 5.97. The van der Waals surface area contributed by atoms with Crippen LogP contribution in [0.1, 0.15) is 17.5 Å². The number of thiazole rings is 1. The van der Waals surface area contributed by atoms with Gasteiger partial charge in [-0.15, -0.1) is 11.3 Å². The van der Waals surface area contributed by atoms with E-state index < -0.39 is 0 Å². The average molecular weight is 218 g/mol. The largest absolute Gasteiger partial charge is 0.389 e. The number of nitrogens with zero attached hydrogens (tertiary/aromatic N) is 1. The second-order valence-electron chi connectivity index (χ2n) is 3.49. The van der Waals surface area contributed by atoms with E-state index in [1.165, 1.54) is 5.56 Å². The predicted molar refractivity (Wildman–Crippen MR) is 66.1 cm³/mol. The number of nitrogens with two attached hydrogens (primary N) is 1. The van der Waals surface area contributed by atoms with Crippen LogP contribution in [0, 0.1) is 6.92 Å². The highest BCUT2D eigenvalue weighted by Gasteiger charge is 2.10. The molecule has 0 saturated heterocycles. The van der Waals surface area contributed by atoms with E-state index in [0.29, 0.717) is 0 Å². The molecule has 0 atom stereocenters. The maximum atomic E-state index is 5.97. The Morgan fingerprint density at radius 1 is 1.33 bits per heavy atom. The molecule has 2 rings (SSSR count). The van der Waals surface area contributed by atoms with Gasteiger partial charge in [-0.1, -0.05) is 31.2 Å². The fraction of sp³-hybridized carbons (Fsp3) is 0.250. The highest BCUT2D eigenvalue weighted by atomic mass is 32.1. The van der Waals surface area contributed by atoms with Gasteiger partial charge in [-0.2, -0.15) is 0 Å². The second kappa shape index (κ2) is 4.03. The molecular formula is C12H14N2S. The molecule has 0 aliphatic heterocycles. The molecule has 0 amide bonds. The lowest BCUT2D eigenvalue weighted by molar-refractivity contribution is 1.10. The van der Waals surface area contributed by atoms with Crippen LogP contribution in [0.4, 0.5) is 5.00 Å². The highest BCUT2D eigenvalue weighted by Crippen LogP contribution is 2.32. The van der Waals surface area contributed by atoms with Crippen molar-refractivity contribution in [3.63, 3.8) is 0 Å². The Hall–Kier alpha value is -1.35. The fourth-order valence-electron chi connectivity index (χ4n) is 1.56. The molecular weight excluding hydrogens is 204 g/mol. The number of aryl methyl sites for hydroxylation is 2. The van der Waals surface area contributed by atoms with Crippen LogP contribution in [0.2, 0.25) is 0 Å². The molecule has 0 radical (unpaired) electrons. The minimum Gasteiger partial charge on any atom is -0.389 e. The first-order valence-corrected chi connectivity index (χ1v) is 5.85.